The summed E-state index contributed by atoms with van der Waals surface area (Å²) in [7, 11) is 0. The van der Waals surface area contributed by atoms with Crippen LogP contribution in [0.5, 0.6) is 5.75 Å². The number of rotatable bonds is 3. The van der Waals surface area contributed by atoms with Crippen LogP contribution in [0.15, 0.2) is 23.0 Å². The topological polar surface area (TPSA) is 57.5 Å². The SMILES string of the molecule is CCOC(=O)c1cc2c(n(C3CC3)c1=O)-c1cc(F)c(F)cc1OC2. The summed E-state index contributed by atoms with van der Waals surface area (Å²) < 4.78 is 39.2. The third kappa shape index (κ3) is 2.50. The van der Waals surface area contributed by atoms with Gasteiger partial charge in [-0.3, -0.25) is 4.79 Å². The number of nitrogens with zero attached hydrogens (tertiary/aromatic N) is 1. The van der Waals surface area contributed by atoms with Gasteiger partial charge in [-0.1, -0.05) is 0 Å². The van der Waals surface area contributed by atoms with E-state index in [9.17, 15) is 18.4 Å². The molecule has 0 saturated heterocycles. The van der Waals surface area contributed by atoms with Crippen LogP contribution in [0.2, 0.25) is 0 Å². The van der Waals surface area contributed by atoms with Crippen molar-refractivity contribution in [2.75, 3.05) is 6.61 Å². The molecule has 0 amide bonds. The number of hydrogen-bond acceptors (Lipinski definition) is 4. The fraction of sp³-hybridized carbons (Fsp3) is 0.333. The zero-order valence-corrected chi connectivity index (χ0v) is 13.5. The third-order valence-electron chi connectivity index (χ3n) is 4.38. The summed E-state index contributed by atoms with van der Waals surface area (Å²) in [5.41, 5.74) is 0.840. The zero-order chi connectivity index (χ0) is 17.7. The van der Waals surface area contributed by atoms with Gasteiger partial charge in [-0.15, -0.1) is 0 Å². The Morgan fingerprint density at radius 3 is 2.68 bits per heavy atom. The van der Waals surface area contributed by atoms with Gasteiger partial charge in [-0.25, -0.2) is 13.6 Å². The van der Waals surface area contributed by atoms with Gasteiger partial charge in [-0.2, -0.15) is 0 Å². The van der Waals surface area contributed by atoms with E-state index in [1.807, 2.05) is 0 Å². The summed E-state index contributed by atoms with van der Waals surface area (Å²) >= 11 is 0. The van der Waals surface area contributed by atoms with E-state index in [-0.39, 0.29) is 30.6 Å². The highest BCUT2D eigenvalue weighted by Crippen LogP contribution is 2.43. The standard InChI is InChI=1S/C18H15F2NO4/c1-2-24-18(23)12-5-9-8-25-15-7-14(20)13(19)6-11(15)16(9)21(17(12)22)10-3-4-10/h5-7,10H,2-4,8H2,1H3. The monoisotopic (exact) mass is 347 g/mol. The number of aromatic nitrogens is 1. The van der Waals surface area contributed by atoms with Crippen LogP contribution in [0.3, 0.4) is 0 Å². The van der Waals surface area contributed by atoms with E-state index < -0.39 is 23.2 Å². The first-order valence-corrected chi connectivity index (χ1v) is 8.09. The number of pyridine rings is 1. The van der Waals surface area contributed by atoms with Crippen molar-refractivity contribution < 1.29 is 23.0 Å². The number of carbonyl (C=O) groups is 1. The number of carbonyl (C=O) groups excluding carboxylic acids is 1. The van der Waals surface area contributed by atoms with Gasteiger partial charge in [0.05, 0.1) is 12.3 Å². The summed E-state index contributed by atoms with van der Waals surface area (Å²) in [6.07, 6.45) is 1.58. The lowest BCUT2D eigenvalue weighted by molar-refractivity contribution is 0.0523. The van der Waals surface area contributed by atoms with E-state index in [1.54, 1.807) is 6.92 Å². The van der Waals surface area contributed by atoms with E-state index in [0.29, 0.717) is 16.8 Å². The number of hydrogen-bond donors (Lipinski definition) is 0. The van der Waals surface area contributed by atoms with Gasteiger partial charge in [-0.05, 0) is 31.9 Å². The zero-order valence-electron chi connectivity index (χ0n) is 13.5. The number of esters is 1. The minimum Gasteiger partial charge on any atom is -0.488 e. The Bertz CT molecular complexity index is 947. The number of ether oxygens (including phenoxy) is 2. The second kappa shape index (κ2) is 5.68. The molecular formula is C18H15F2NO4. The van der Waals surface area contributed by atoms with Gasteiger partial charge < -0.3 is 14.0 Å². The molecule has 0 spiro atoms. The Morgan fingerprint density at radius 2 is 2.00 bits per heavy atom. The highest BCUT2D eigenvalue weighted by Gasteiger charge is 2.34. The average molecular weight is 347 g/mol. The van der Waals surface area contributed by atoms with Gasteiger partial charge in [0, 0.05) is 23.2 Å². The first-order chi connectivity index (χ1) is 12.0. The van der Waals surface area contributed by atoms with Crippen LogP contribution in [0, 0.1) is 11.6 Å². The van der Waals surface area contributed by atoms with Crippen molar-refractivity contribution >= 4 is 5.97 Å². The highest BCUT2D eigenvalue weighted by molar-refractivity contribution is 5.90. The molecule has 2 heterocycles. The summed E-state index contributed by atoms with van der Waals surface area (Å²) in [6, 6.07) is 3.38. The summed E-state index contributed by atoms with van der Waals surface area (Å²) in [5, 5.41) is 0. The molecule has 2 aliphatic rings. The van der Waals surface area contributed by atoms with E-state index in [1.165, 1.54) is 10.6 Å². The Balaban J connectivity index is 1.98. The first kappa shape index (κ1) is 15.8. The molecule has 1 aromatic heterocycles. The van der Waals surface area contributed by atoms with Gasteiger partial charge in [0.25, 0.3) is 5.56 Å². The average Bonchev–Trinajstić information content (AvgIpc) is 3.40. The Morgan fingerprint density at radius 1 is 1.28 bits per heavy atom. The minimum atomic E-state index is -1.01. The van der Waals surface area contributed by atoms with Crippen molar-refractivity contribution in [3.05, 3.63) is 51.3 Å². The molecule has 7 heteroatoms. The quantitative estimate of drug-likeness (QED) is 0.800. The van der Waals surface area contributed by atoms with E-state index in [4.69, 9.17) is 9.47 Å². The molecule has 4 rings (SSSR count). The van der Waals surface area contributed by atoms with E-state index in [2.05, 4.69) is 0 Å². The molecule has 1 fully saturated rings. The molecule has 1 aliphatic carbocycles. The van der Waals surface area contributed by atoms with Crippen LogP contribution >= 0.6 is 0 Å². The number of fused-ring (bicyclic) bond motifs is 3. The predicted molar refractivity (Wildman–Crippen MR) is 84.6 cm³/mol. The van der Waals surface area contributed by atoms with Crippen LogP contribution in [0.25, 0.3) is 11.3 Å². The van der Waals surface area contributed by atoms with E-state index >= 15 is 0 Å². The minimum absolute atomic E-state index is 0.0605. The molecule has 0 N–H and O–H groups in total. The lowest BCUT2D eigenvalue weighted by Gasteiger charge is -2.25. The van der Waals surface area contributed by atoms with Crippen molar-refractivity contribution in [2.24, 2.45) is 0 Å². The van der Waals surface area contributed by atoms with Crippen LogP contribution in [0.4, 0.5) is 8.78 Å². The largest absolute Gasteiger partial charge is 0.488 e. The fourth-order valence-electron chi connectivity index (χ4n) is 3.13. The Labute approximate surface area is 141 Å². The second-order valence-electron chi connectivity index (χ2n) is 6.11. The fourth-order valence-corrected chi connectivity index (χ4v) is 3.13. The molecule has 130 valence electrons. The summed E-state index contributed by atoms with van der Waals surface area (Å²) in [4.78, 5) is 25.0. The molecule has 0 atom stereocenters. The molecular weight excluding hydrogens is 332 g/mol. The van der Waals surface area contributed by atoms with Gasteiger partial charge in [0.1, 0.15) is 17.9 Å². The van der Waals surface area contributed by atoms with Gasteiger partial charge in [0.2, 0.25) is 0 Å². The molecule has 1 aliphatic heterocycles. The maximum Gasteiger partial charge on any atom is 0.343 e. The van der Waals surface area contributed by atoms with Crippen LogP contribution < -0.4 is 10.3 Å². The Hall–Kier alpha value is -2.70. The molecule has 2 aromatic rings. The second-order valence-corrected chi connectivity index (χ2v) is 6.11. The number of benzene rings is 1. The molecule has 1 saturated carbocycles. The van der Waals surface area contributed by atoms with Gasteiger partial charge in [0.15, 0.2) is 11.6 Å². The smallest absolute Gasteiger partial charge is 0.343 e. The number of halogens is 2. The maximum absolute atomic E-state index is 13.8. The molecule has 1 aromatic carbocycles. The molecule has 25 heavy (non-hydrogen) atoms. The molecule has 0 unspecified atom stereocenters. The van der Waals surface area contributed by atoms with Crippen LogP contribution in [0.1, 0.15) is 41.7 Å². The summed E-state index contributed by atoms with van der Waals surface area (Å²) in [5.74, 6) is -2.53. The molecule has 5 nitrogen and oxygen atoms in total. The first-order valence-electron chi connectivity index (χ1n) is 8.09. The van der Waals surface area contributed by atoms with Crippen LogP contribution in [-0.2, 0) is 11.3 Å². The van der Waals surface area contributed by atoms with Crippen molar-refractivity contribution in [1.82, 2.24) is 4.57 Å². The van der Waals surface area contributed by atoms with Crippen LogP contribution in [-0.4, -0.2) is 17.1 Å². The van der Waals surface area contributed by atoms with Crippen molar-refractivity contribution in [3.8, 4) is 17.0 Å². The summed E-state index contributed by atoms with van der Waals surface area (Å²) in [6.45, 7) is 1.88. The lowest BCUT2D eigenvalue weighted by Crippen LogP contribution is -2.30. The lowest BCUT2D eigenvalue weighted by atomic mass is 9.99. The predicted octanol–water partition coefficient (Wildman–Crippen LogP) is 3.20. The third-order valence-corrected chi connectivity index (χ3v) is 4.38. The van der Waals surface area contributed by atoms with Crippen molar-refractivity contribution in [1.29, 1.82) is 0 Å². The van der Waals surface area contributed by atoms with Gasteiger partial charge >= 0.3 is 5.97 Å². The normalized spacial score (nSPS) is 15.2. The van der Waals surface area contributed by atoms with E-state index in [0.717, 1.165) is 25.0 Å². The highest BCUT2D eigenvalue weighted by atomic mass is 19.2. The Kier molecular flexibility index (Phi) is 3.59. The van der Waals surface area contributed by atoms with Crippen molar-refractivity contribution in [2.45, 2.75) is 32.4 Å². The maximum atomic E-state index is 13.8. The molecule has 0 bridgehead atoms. The molecule has 0 radical (unpaired) electrons. The van der Waals surface area contributed by atoms with Crippen molar-refractivity contribution in [3.63, 3.8) is 0 Å².